The molecule has 21 heavy (non-hydrogen) atoms. The van der Waals surface area contributed by atoms with Crippen molar-refractivity contribution in [2.75, 3.05) is 13.1 Å². The number of hydrogen-bond donors (Lipinski definition) is 2. The predicted molar refractivity (Wildman–Crippen MR) is 72.0 cm³/mol. The van der Waals surface area contributed by atoms with E-state index in [2.05, 4.69) is 0 Å². The monoisotopic (exact) mass is 317 g/mol. The van der Waals surface area contributed by atoms with Gasteiger partial charge >= 0.3 is 5.97 Å². The van der Waals surface area contributed by atoms with Gasteiger partial charge in [-0.3, -0.25) is 0 Å². The molecule has 0 amide bonds. The zero-order valence-corrected chi connectivity index (χ0v) is 12.2. The Morgan fingerprint density at radius 2 is 1.90 bits per heavy atom. The van der Waals surface area contributed by atoms with Crippen LogP contribution in [0.25, 0.3) is 0 Å². The van der Waals surface area contributed by atoms with Crippen molar-refractivity contribution in [1.82, 2.24) is 4.31 Å². The summed E-state index contributed by atoms with van der Waals surface area (Å²) in [5, 5.41) is 18.7. The summed E-state index contributed by atoms with van der Waals surface area (Å²) in [6.07, 6.45) is 0.582. The molecule has 1 heterocycles. The van der Waals surface area contributed by atoms with Crippen LogP contribution in [0.3, 0.4) is 0 Å². The van der Waals surface area contributed by atoms with Gasteiger partial charge in [0.15, 0.2) is 0 Å². The van der Waals surface area contributed by atoms with E-state index in [4.69, 9.17) is 5.11 Å². The Kier molecular flexibility index (Phi) is 4.05. The second kappa shape index (κ2) is 5.36. The number of hydrogen-bond acceptors (Lipinski definition) is 4. The van der Waals surface area contributed by atoms with E-state index < -0.39 is 33.0 Å². The number of carboxylic acid groups (broad SMARTS) is 1. The average Bonchev–Trinajstić information content (AvgIpc) is 2.38. The molecule has 1 aromatic rings. The zero-order valence-electron chi connectivity index (χ0n) is 11.4. The van der Waals surface area contributed by atoms with E-state index in [1.165, 1.54) is 4.31 Å². The molecule has 0 saturated carbocycles. The first kappa shape index (κ1) is 15.9. The maximum atomic E-state index is 13.3. The van der Waals surface area contributed by atoms with Crippen LogP contribution in [0.1, 0.15) is 30.1 Å². The minimum absolute atomic E-state index is 0.134. The van der Waals surface area contributed by atoms with Gasteiger partial charge in [0.05, 0.1) is 16.1 Å². The fourth-order valence-corrected chi connectivity index (χ4v) is 3.65. The smallest absolute Gasteiger partial charge is 0.338 e. The molecule has 1 aromatic carbocycles. The highest BCUT2D eigenvalue weighted by Gasteiger charge is 2.34. The largest absolute Gasteiger partial charge is 0.478 e. The lowest BCUT2D eigenvalue weighted by Crippen LogP contribution is -2.45. The molecule has 8 heteroatoms. The lowest BCUT2D eigenvalue weighted by Gasteiger charge is -2.34. The Bertz CT molecular complexity index is 661. The second-order valence-corrected chi connectivity index (χ2v) is 7.29. The fourth-order valence-electron chi connectivity index (χ4n) is 2.19. The zero-order chi connectivity index (χ0) is 15.8. The summed E-state index contributed by atoms with van der Waals surface area (Å²) in [4.78, 5) is 10.6. The van der Waals surface area contributed by atoms with Gasteiger partial charge in [0.1, 0.15) is 5.82 Å². The number of carboxylic acids is 1. The van der Waals surface area contributed by atoms with E-state index >= 15 is 0 Å². The van der Waals surface area contributed by atoms with Crippen LogP contribution in [-0.2, 0) is 10.0 Å². The van der Waals surface area contributed by atoms with E-state index in [9.17, 15) is 22.7 Å². The number of aliphatic hydroxyl groups is 1. The van der Waals surface area contributed by atoms with Crippen molar-refractivity contribution in [1.29, 1.82) is 0 Å². The molecule has 1 aliphatic heterocycles. The van der Waals surface area contributed by atoms with Crippen LogP contribution in [-0.4, -0.2) is 47.6 Å². The summed E-state index contributed by atoms with van der Waals surface area (Å²) in [6.45, 7) is 1.90. The van der Waals surface area contributed by atoms with Crippen LogP contribution in [0, 0.1) is 5.82 Å². The SMILES string of the molecule is CC1(O)CCN(S(=O)(=O)c2ccc(F)c(C(=O)O)c2)CC1. The van der Waals surface area contributed by atoms with E-state index in [0.717, 1.165) is 18.2 Å². The summed E-state index contributed by atoms with van der Waals surface area (Å²) in [5.74, 6) is -2.51. The Balaban J connectivity index is 2.33. The van der Waals surface area contributed by atoms with Gasteiger partial charge in [-0.05, 0) is 38.0 Å². The Hall–Kier alpha value is -1.51. The van der Waals surface area contributed by atoms with Gasteiger partial charge in [-0.2, -0.15) is 4.31 Å². The fraction of sp³-hybridized carbons (Fsp3) is 0.462. The maximum Gasteiger partial charge on any atom is 0.338 e. The van der Waals surface area contributed by atoms with Crippen molar-refractivity contribution in [2.45, 2.75) is 30.3 Å². The normalized spacial score (nSPS) is 19.4. The van der Waals surface area contributed by atoms with Crippen LogP contribution in [0.2, 0.25) is 0 Å². The van der Waals surface area contributed by atoms with Crippen molar-refractivity contribution in [3.63, 3.8) is 0 Å². The topological polar surface area (TPSA) is 94.9 Å². The standard InChI is InChI=1S/C13H16FNO5S/c1-13(18)4-6-15(7-5-13)21(19,20)9-2-3-11(14)10(8-9)12(16)17/h2-3,8,18H,4-7H2,1H3,(H,16,17). The van der Waals surface area contributed by atoms with E-state index in [1.54, 1.807) is 6.92 Å². The highest BCUT2D eigenvalue weighted by molar-refractivity contribution is 7.89. The highest BCUT2D eigenvalue weighted by Crippen LogP contribution is 2.27. The molecule has 2 N–H and O–H groups in total. The van der Waals surface area contributed by atoms with E-state index in [0.29, 0.717) is 12.8 Å². The summed E-state index contributed by atoms with van der Waals surface area (Å²) in [5.41, 5.74) is -1.58. The van der Waals surface area contributed by atoms with Gasteiger partial charge in [-0.25, -0.2) is 17.6 Å². The average molecular weight is 317 g/mol. The van der Waals surface area contributed by atoms with E-state index in [1.807, 2.05) is 0 Å². The van der Waals surface area contributed by atoms with Crippen LogP contribution < -0.4 is 0 Å². The summed E-state index contributed by atoms with van der Waals surface area (Å²) < 4.78 is 39.3. The molecule has 0 aromatic heterocycles. The summed E-state index contributed by atoms with van der Waals surface area (Å²) in [6, 6.07) is 2.69. The number of carbonyl (C=O) groups is 1. The van der Waals surface area contributed by atoms with Gasteiger partial charge in [-0.15, -0.1) is 0 Å². The lowest BCUT2D eigenvalue weighted by molar-refractivity contribution is 0.0126. The molecule has 6 nitrogen and oxygen atoms in total. The molecule has 1 saturated heterocycles. The van der Waals surface area contributed by atoms with Crippen LogP contribution in [0.15, 0.2) is 23.1 Å². The third-order valence-corrected chi connectivity index (χ3v) is 5.50. The minimum atomic E-state index is -3.89. The molecule has 0 atom stereocenters. The van der Waals surface area contributed by atoms with Crippen LogP contribution in [0.5, 0.6) is 0 Å². The molecule has 2 rings (SSSR count). The Morgan fingerprint density at radius 3 is 2.43 bits per heavy atom. The van der Waals surface area contributed by atoms with Crippen molar-refractivity contribution in [3.8, 4) is 0 Å². The third kappa shape index (κ3) is 3.22. The van der Waals surface area contributed by atoms with Crippen molar-refractivity contribution >= 4 is 16.0 Å². The van der Waals surface area contributed by atoms with Crippen molar-refractivity contribution in [2.24, 2.45) is 0 Å². The maximum absolute atomic E-state index is 13.3. The summed E-state index contributed by atoms with van der Waals surface area (Å²) in [7, 11) is -3.89. The first-order chi connectivity index (χ1) is 9.63. The van der Waals surface area contributed by atoms with Gasteiger partial charge in [0, 0.05) is 13.1 Å². The van der Waals surface area contributed by atoms with Crippen LogP contribution >= 0.6 is 0 Å². The van der Waals surface area contributed by atoms with Gasteiger partial charge in [0.2, 0.25) is 10.0 Å². The third-order valence-electron chi connectivity index (χ3n) is 3.61. The first-order valence-electron chi connectivity index (χ1n) is 6.39. The predicted octanol–water partition coefficient (Wildman–Crippen LogP) is 1.06. The van der Waals surface area contributed by atoms with Gasteiger partial charge in [-0.1, -0.05) is 0 Å². The molecular weight excluding hydrogens is 301 g/mol. The number of rotatable bonds is 3. The number of benzene rings is 1. The Morgan fingerprint density at radius 1 is 1.33 bits per heavy atom. The molecule has 1 fully saturated rings. The van der Waals surface area contributed by atoms with E-state index in [-0.39, 0.29) is 18.0 Å². The summed E-state index contributed by atoms with van der Waals surface area (Å²) >= 11 is 0. The van der Waals surface area contributed by atoms with Crippen molar-refractivity contribution in [3.05, 3.63) is 29.6 Å². The highest BCUT2D eigenvalue weighted by atomic mass is 32.2. The number of piperidine rings is 1. The molecule has 116 valence electrons. The first-order valence-corrected chi connectivity index (χ1v) is 7.83. The van der Waals surface area contributed by atoms with Gasteiger partial charge < -0.3 is 10.2 Å². The Labute approximate surface area is 121 Å². The number of halogens is 1. The number of nitrogens with zero attached hydrogens (tertiary/aromatic N) is 1. The molecular formula is C13H16FNO5S. The molecule has 0 bridgehead atoms. The van der Waals surface area contributed by atoms with Crippen molar-refractivity contribution < 1.29 is 27.8 Å². The molecule has 0 aliphatic carbocycles. The van der Waals surface area contributed by atoms with Gasteiger partial charge in [0.25, 0.3) is 0 Å². The minimum Gasteiger partial charge on any atom is -0.478 e. The molecule has 0 unspecified atom stereocenters. The lowest BCUT2D eigenvalue weighted by atomic mass is 9.95. The number of aromatic carboxylic acids is 1. The molecule has 1 aliphatic rings. The molecule has 0 radical (unpaired) electrons. The number of sulfonamides is 1. The van der Waals surface area contributed by atoms with Crippen LogP contribution in [0.4, 0.5) is 4.39 Å². The quantitative estimate of drug-likeness (QED) is 0.869. The molecule has 0 spiro atoms. The second-order valence-electron chi connectivity index (χ2n) is 5.35.